The number of benzene rings is 5. The number of hydrogen-bond donors (Lipinski definition) is 1. The molecule has 0 radical (unpaired) electrons. The summed E-state index contributed by atoms with van der Waals surface area (Å²) < 4.78 is 38.6. The molecule has 0 aliphatic heterocycles. The van der Waals surface area contributed by atoms with Crippen molar-refractivity contribution < 1.29 is 38.3 Å². The standard InChI is InChI=1S/C47H50O8/c48-42(35-52-44(49)27-26-36-16-6-1-7-17-36)34-51-43-28-41(33-50-29-37-18-8-2-9-19-37)45(53-30-38-20-10-3-11-21-38)47(55-32-40-24-14-5-15-25-40)46(43)54-31-39-22-12-4-13-23-39/h1-27,41-43,45-48H,28-35H2/b27-26+/t41?,42-,43?,45?,46?,47?/m0/s1. The van der Waals surface area contributed by atoms with Gasteiger partial charge in [-0.3, -0.25) is 0 Å². The summed E-state index contributed by atoms with van der Waals surface area (Å²) in [5.74, 6) is -0.694. The van der Waals surface area contributed by atoms with Gasteiger partial charge < -0.3 is 33.5 Å². The second-order valence-electron chi connectivity index (χ2n) is 13.7. The lowest BCUT2D eigenvalue weighted by molar-refractivity contribution is -0.236. The number of esters is 1. The fraction of sp³-hybridized carbons (Fsp3) is 0.298. The highest BCUT2D eigenvalue weighted by atomic mass is 16.6. The highest BCUT2D eigenvalue weighted by Gasteiger charge is 2.48. The van der Waals surface area contributed by atoms with E-state index in [1.54, 1.807) is 6.08 Å². The number of aliphatic hydroxyl groups excluding tert-OH is 1. The molecule has 1 N–H and O–H groups in total. The van der Waals surface area contributed by atoms with Crippen molar-refractivity contribution in [3.05, 3.63) is 186 Å². The molecule has 8 heteroatoms. The van der Waals surface area contributed by atoms with Crippen molar-refractivity contribution in [1.29, 1.82) is 0 Å². The summed E-state index contributed by atoms with van der Waals surface area (Å²) in [6.07, 6.45) is 0.430. The van der Waals surface area contributed by atoms with Gasteiger partial charge in [-0.15, -0.1) is 0 Å². The van der Waals surface area contributed by atoms with Gasteiger partial charge in [0.2, 0.25) is 0 Å². The van der Waals surface area contributed by atoms with Crippen LogP contribution in [0.3, 0.4) is 0 Å². The molecule has 5 unspecified atom stereocenters. The van der Waals surface area contributed by atoms with Crippen LogP contribution in [0.4, 0.5) is 0 Å². The lowest BCUT2D eigenvalue weighted by Crippen LogP contribution is -2.58. The van der Waals surface area contributed by atoms with E-state index in [1.807, 2.05) is 152 Å². The number of hydrogen-bond acceptors (Lipinski definition) is 8. The summed E-state index contributed by atoms with van der Waals surface area (Å²) in [7, 11) is 0. The van der Waals surface area contributed by atoms with Gasteiger partial charge in [0.1, 0.15) is 24.9 Å². The molecule has 0 heterocycles. The van der Waals surface area contributed by atoms with E-state index < -0.39 is 36.5 Å². The number of carbonyl (C=O) groups is 1. The minimum absolute atomic E-state index is 0.0793. The SMILES string of the molecule is O=C(/C=C/c1ccccc1)OC[C@@H](O)COC1CC(COCc2ccccc2)C(OCc2ccccc2)C(OCc2ccccc2)C1OCc1ccccc1. The molecule has 1 aliphatic rings. The first-order valence-electron chi connectivity index (χ1n) is 18.9. The number of aliphatic hydroxyl groups is 1. The Bertz CT molecular complexity index is 1820. The minimum Gasteiger partial charge on any atom is -0.460 e. The Kier molecular flexibility index (Phi) is 15.8. The molecular formula is C47H50O8. The molecule has 5 aromatic rings. The second-order valence-corrected chi connectivity index (χ2v) is 13.7. The summed E-state index contributed by atoms with van der Waals surface area (Å²) in [5.41, 5.74) is 5.02. The maximum atomic E-state index is 12.5. The highest BCUT2D eigenvalue weighted by molar-refractivity contribution is 5.87. The molecule has 1 saturated carbocycles. The Labute approximate surface area is 324 Å². The summed E-state index contributed by atoms with van der Waals surface area (Å²) in [4.78, 5) is 12.5. The van der Waals surface area contributed by atoms with Crippen LogP contribution in [0.5, 0.6) is 0 Å². The van der Waals surface area contributed by atoms with Crippen LogP contribution in [0, 0.1) is 5.92 Å². The molecular weight excluding hydrogens is 693 g/mol. The molecule has 0 amide bonds. The van der Waals surface area contributed by atoms with Crippen molar-refractivity contribution >= 4 is 12.0 Å². The van der Waals surface area contributed by atoms with Crippen molar-refractivity contribution in [3.8, 4) is 0 Å². The lowest BCUT2D eigenvalue weighted by Gasteiger charge is -2.46. The van der Waals surface area contributed by atoms with Gasteiger partial charge in [-0.2, -0.15) is 0 Å². The lowest BCUT2D eigenvalue weighted by atomic mass is 9.80. The quantitative estimate of drug-likeness (QED) is 0.0634. The Morgan fingerprint density at radius 3 is 1.55 bits per heavy atom. The van der Waals surface area contributed by atoms with Crippen LogP contribution in [0.2, 0.25) is 0 Å². The van der Waals surface area contributed by atoms with E-state index in [2.05, 4.69) is 0 Å². The Hall–Kier alpha value is -4.93. The molecule has 6 rings (SSSR count). The average molecular weight is 743 g/mol. The molecule has 5 aromatic carbocycles. The molecule has 8 nitrogen and oxygen atoms in total. The van der Waals surface area contributed by atoms with Crippen LogP contribution < -0.4 is 0 Å². The predicted molar refractivity (Wildman–Crippen MR) is 211 cm³/mol. The Morgan fingerprint density at radius 1 is 0.564 bits per heavy atom. The first kappa shape index (κ1) is 39.8. The summed E-state index contributed by atoms with van der Waals surface area (Å²) in [6.45, 7) is 1.57. The van der Waals surface area contributed by atoms with Gasteiger partial charge in [0.25, 0.3) is 0 Å². The Morgan fingerprint density at radius 2 is 1.02 bits per heavy atom. The van der Waals surface area contributed by atoms with Crippen molar-refractivity contribution in [2.45, 2.75) is 63.4 Å². The average Bonchev–Trinajstić information content (AvgIpc) is 3.24. The monoisotopic (exact) mass is 742 g/mol. The zero-order valence-corrected chi connectivity index (χ0v) is 31.0. The van der Waals surface area contributed by atoms with Crippen LogP contribution in [-0.2, 0) is 59.6 Å². The first-order valence-corrected chi connectivity index (χ1v) is 18.9. The third kappa shape index (κ3) is 13.1. The zero-order valence-electron chi connectivity index (χ0n) is 31.0. The van der Waals surface area contributed by atoms with E-state index in [9.17, 15) is 9.90 Å². The van der Waals surface area contributed by atoms with Crippen molar-refractivity contribution in [2.24, 2.45) is 5.92 Å². The fourth-order valence-electron chi connectivity index (χ4n) is 6.62. The summed E-state index contributed by atoms with van der Waals surface area (Å²) in [5, 5.41) is 11.0. The number of ether oxygens (including phenoxy) is 6. The largest absolute Gasteiger partial charge is 0.460 e. The highest BCUT2D eigenvalue weighted by Crippen LogP contribution is 2.36. The molecule has 6 atom stereocenters. The van der Waals surface area contributed by atoms with Gasteiger partial charge >= 0.3 is 5.97 Å². The summed E-state index contributed by atoms with van der Waals surface area (Å²) in [6, 6.07) is 49.6. The van der Waals surface area contributed by atoms with Gasteiger partial charge in [0.05, 0.1) is 51.8 Å². The molecule has 55 heavy (non-hydrogen) atoms. The second kappa shape index (κ2) is 21.8. The van der Waals surface area contributed by atoms with Crippen molar-refractivity contribution in [2.75, 3.05) is 19.8 Å². The molecule has 0 saturated heterocycles. The van der Waals surface area contributed by atoms with Gasteiger partial charge in [-0.25, -0.2) is 4.79 Å². The van der Waals surface area contributed by atoms with E-state index in [1.165, 1.54) is 6.08 Å². The smallest absolute Gasteiger partial charge is 0.330 e. The third-order valence-electron chi connectivity index (χ3n) is 9.45. The molecule has 0 aromatic heterocycles. The number of carbonyl (C=O) groups excluding carboxylic acids is 1. The van der Waals surface area contributed by atoms with E-state index in [4.69, 9.17) is 28.4 Å². The first-order chi connectivity index (χ1) is 27.1. The zero-order chi connectivity index (χ0) is 37.9. The van der Waals surface area contributed by atoms with Gasteiger partial charge in [-0.05, 0) is 40.3 Å². The van der Waals surface area contributed by atoms with E-state index >= 15 is 0 Å². The molecule has 0 spiro atoms. The third-order valence-corrected chi connectivity index (χ3v) is 9.45. The normalized spacial score (nSPS) is 20.3. The van der Waals surface area contributed by atoms with Gasteiger partial charge in [0, 0.05) is 12.0 Å². The Balaban J connectivity index is 1.22. The van der Waals surface area contributed by atoms with Gasteiger partial charge in [-0.1, -0.05) is 152 Å². The van der Waals surface area contributed by atoms with Crippen molar-refractivity contribution in [3.63, 3.8) is 0 Å². The van der Waals surface area contributed by atoms with Crippen LogP contribution in [0.25, 0.3) is 6.08 Å². The maximum absolute atomic E-state index is 12.5. The van der Waals surface area contributed by atoms with E-state index in [-0.39, 0.29) is 19.1 Å². The van der Waals surface area contributed by atoms with E-state index in [0.29, 0.717) is 39.5 Å². The van der Waals surface area contributed by atoms with Crippen LogP contribution in [-0.4, -0.2) is 61.4 Å². The molecule has 1 fully saturated rings. The molecule has 286 valence electrons. The van der Waals surface area contributed by atoms with Gasteiger partial charge in [0.15, 0.2) is 0 Å². The number of rotatable bonds is 20. The topological polar surface area (TPSA) is 92.7 Å². The fourth-order valence-corrected chi connectivity index (χ4v) is 6.62. The van der Waals surface area contributed by atoms with Crippen molar-refractivity contribution in [1.82, 2.24) is 0 Å². The van der Waals surface area contributed by atoms with Crippen LogP contribution in [0.15, 0.2) is 158 Å². The predicted octanol–water partition coefficient (Wildman–Crippen LogP) is 7.98. The maximum Gasteiger partial charge on any atom is 0.330 e. The van der Waals surface area contributed by atoms with E-state index in [0.717, 1.165) is 27.8 Å². The van der Waals surface area contributed by atoms with Crippen LogP contribution >= 0.6 is 0 Å². The van der Waals surface area contributed by atoms with Crippen LogP contribution in [0.1, 0.15) is 34.2 Å². The molecule has 0 bridgehead atoms. The molecule has 1 aliphatic carbocycles. The summed E-state index contributed by atoms with van der Waals surface area (Å²) >= 11 is 0. The minimum atomic E-state index is -1.06.